The van der Waals surface area contributed by atoms with Crippen molar-refractivity contribution in [3.05, 3.63) is 0 Å². The van der Waals surface area contributed by atoms with Gasteiger partial charge in [0, 0.05) is 41.3 Å². The highest BCUT2D eigenvalue weighted by atomic mass is 15.1. The van der Waals surface area contributed by atoms with Gasteiger partial charge in [0.15, 0.2) is 0 Å². The van der Waals surface area contributed by atoms with Crippen molar-refractivity contribution in [2.75, 3.05) is 41.3 Å². The van der Waals surface area contributed by atoms with Gasteiger partial charge in [0.1, 0.15) is 0 Å². The Morgan fingerprint density at radius 3 is 1.38 bits per heavy atom. The summed E-state index contributed by atoms with van der Waals surface area (Å²) in [5, 5.41) is 0. The molecule has 0 fully saturated rings. The highest BCUT2D eigenvalue weighted by molar-refractivity contribution is 5.53. The van der Waals surface area contributed by atoms with Crippen molar-refractivity contribution in [3.63, 3.8) is 0 Å². The zero-order valence-corrected chi connectivity index (χ0v) is 11.2. The van der Waals surface area contributed by atoms with Crippen molar-refractivity contribution in [2.24, 2.45) is 9.98 Å². The molecule has 4 nitrogen and oxygen atoms in total. The molecule has 0 aromatic heterocycles. The van der Waals surface area contributed by atoms with E-state index in [9.17, 15) is 0 Å². The Morgan fingerprint density at radius 1 is 0.688 bits per heavy atom. The summed E-state index contributed by atoms with van der Waals surface area (Å²) >= 11 is 0. The highest BCUT2D eigenvalue weighted by Gasteiger charge is 1.88. The summed E-state index contributed by atoms with van der Waals surface area (Å²) in [6.07, 6.45) is 8.62. The van der Waals surface area contributed by atoms with Crippen molar-refractivity contribution in [3.8, 4) is 0 Å². The lowest BCUT2D eigenvalue weighted by Gasteiger charge is -2.03. The Bertz CT molecular complexity index is 175. The maximum Gasteiger partial charge on any atom is 0.0844 e. The van der Waals surface area contributed by atoms with Gasteiger partial charge in [-0.2, -0.15) is 0 Å². The van der Waals surface area contributed by atoms with Crippen molar-refractivity contribution in [2.45, 2.75) is 25.7 Å². The molecule has 0 aliphatic heterocycles. The van der Waals surface area contributed by atoms with Gasteiger partial charge in [-0.15, -0.1) is 0 Å². The van der Waals surface area contributed by atoms with Crippen molar-refractivity contribution >= 4 is 12.7 Å². The van der Waals surface area contributed by atoms with Gasteiger partial charge in [-0.3, -0.25) is 9.98 Å². The van der Waals surface area contributed by atoms with E-state index in [1.54, 1.807) is 0 Å². The first kappa shape index (κ1) is 14.9. The Balaban J connectivity index is 3.16. The summed E-state index contributed by atoms with van der Waals surface area (Å²) in [6, 6.07) is 0. The van der Waals surface area contributed by atoms with Crippen LogP contribution in [0.15, 0.2) is 9.98 Å². The second-order valence-electron chi connectivity index (χ2n) is 4.38. The van der Waals surface area contributed by atoms with Gasteiger partial charge in [-0.05, 0) is 12.8 Å². The van der Waals surface area contributed by atoms with Gasteiger partial charge in [-0.25, -0.2) is 0 Å². The lowest BCUT2D eigenvalue weighted by Crippen LogP contribution is -2.08. The smallest absolute Gasteiger partial charge is 0.0844 e. The van der Waals surface area contributed by atoms with Gasteiger partial charge in [0.25, 0.3) is 0 Å². The van der Waals surface area contributed by atoms with E-state index in [2.05, 4.69) is 9.98 Å². The maximum atomic E-state index is 4.29. The predicted octanol–water partition coefficient (Wildman–Crippen LogP) is 1.73. The van der Waals surface area contributed by atoms with E-state index in [4.69, 9.17) is 0 Å². The van der Waals surface area contributed by atoms with Crippen LogP contribution in [0.2, 0.25) is 0 Å². The zero-order valence-electron chi connectivity index (χ0n) is 11.2. The molecule has 0 bridgehead atoms. The molecular weight excluding hydrogens is 200 g/mol. The van der Waals surface area contributed by atoms with E-state index in [0.29, 0.717) is 0 Å². The SMILES string of the molecule is CN(C)C=NCCCCCCN=CN(C)C. The van der Waals surface area contributed by atoms with Crippen LogP contribution in [0.5, 0.6) is 0 Å². The molecule has 0 aromatic rings. The van der Waals surface area contributed by atoms with Gasteiger partial charge in [0.05, 0.1) is 12.7 Å². The number of hydrogen-bond donors (Lipinski definition) is 0. The van der Waals surface area contributed by atoms with E-state index in [0.717, 1.165) is 13.1 Å². The minimum Gasteiger partial charge on any atom is -0.369 e. The van der Waals surface area contributed by atoms with Crippen LogP contribution >= 0.6 is 0 Å². The lowest BCUT2D eigenvalue weighted by molar-refractivity contribution is 0.619. The average Bonchev–Trinajstić information content (AvgIpc) is 2.20. The standard InChI is InChI=1S/C12H26N4/c1-15(2)11-13-9-7-5-6-8-10-14-12-16(3)4/h11-12H,5-10H2,1-4H3. The monoisotopic (exact) mass is 226 g/mol. The molecule has 0 atom stereocenters. The minimum absolute atomic E-state index is 0.944. The second kappa shape index (κ2) is 10.5. The van der Waals surface area contributed by atoms with E-state index in [1.165, 1.54) is 25.7 Å². The number of aliphatic imine (C=N–C) groups is 2. The summed E-state index contributed by atoms with van der Waals surface area (Å²) in [5.41, 5.74) is 0. The molecule has 94 valence electrons. The van der Waals surface area contributed by atoms with Crippen molar-refractivity contribution in [1.82, 2.24) is 9.80 Å². The van der Waals surface area contributed by atoms with Crippen LogP contribution in [0, 0.1) is 0 Å². The largest absolute Gasteiger partial charge is 0.369 e. The van der Waals surface area contributed by atoms with Crippen molar-refractivity contribution < 1.29 is 0 Å². The summed E-state index contributed by atoms with van der Waals surface area (Å²) < 4.78 is 0. The third-order valence-corrected chi connectivity index (χ3v) is 1.95. The molecule has 0 amide bonds. The molecule has 0 aliphatic carbocycles. The topological polar surface area (TPSA) is 31.2 Å². The van der Waals surface area contributed by atoms with Crippen molar-refractivity contribution in [1.29, 1.82) is 0 Å². The zero-order chi connectivity index (χ0) is 12.2. The van der Waals surface area contributed by atoms with E-state index < -0.39 is 0 Å². The maximum absolute atomic E-state index is 4.29. The molecule has 0 rings (SSSR count). The summed E-state index contributed by atoms with van der Waals surface area (Å²) in [5.74, 6) is 0. The fourth-order valence-electron chi connectivity index (χ4n) is 1.20. The second-order valence-corrected chi connectivity index (χ2v) is 4.38. The molecule has 0 unspecified atom stereocenters. The third kappa shape index (κ3) is 12.9. The molecule has 0 N–H and O–H groups in total. The molecule has 0 saturated heterocycles. The quantitative estimate of drug-likeness (QED) is 0.340. The normalized spacial score (nSPS) is 11.5. The molecule has 16 heavy (non-hydrogen) atoms. The number of hydrogen-bond acceptors (Lipinski definition) is 2. The number of nitrogens with zero attached hydrogens (tertiary/aromatic N) is 4. The Kier molecular flexibility index (Phi) is 9.76. The van der Waals surface area contributed by atoms with E-state index in [1.807, 2.05) is 50.7 Å². The molecular formula is C12H26N4. The minimum atomic E-state index is 0.944. The summed E-state index contributed by atoms with van der Waals surface area (Å²) in [7, 11) is 7.97. The summed E-state index contributed by atoms with van der Waals surface area (Å²) in [4.78, 5) is 12.5. The first-order valence-electron chi connectivity index (χ1n) is 5.95. The Hall–Kier alpha value is -1.06. The Morgan fingerprint density at radius 2 is 1.06 bits per heavy atom. The molecule has 0 aliphatic rings. The molecule has 0 spiro atoms. The fraction of sp³-hybridized carbons (Fsp3) is 0.833. The third-order valence-electron chi connectivity index (χ3n) is 1.95. The van der Waals surface area contributed by atoms with Crippen LogP contribution in [-0.4, -0.2) is 63.8 Å². The van der Waals surface area contributed by atoms with Crippen LogP contribution in [0.4, 0.5) is 0 Å². The van der Waals surface area contributed by atoms with Crippen LogP contribution in [0.25, 0.3) is 0 Å². The fourth-order valence-corrected chi connectivity index (χ4v) is 1.20. The first-order chi connectivity index (χ1) is 7.63. The number of unbranched alkanes of at least 4 members (excludes halogenated alkanes) is 3. The van der Waals surface area contributed by atoms with Gasteiger partial charge < -0.3 is 9.80 Å². The lowest BCUT2D eigenvalue weighted by atomic mass is 10.2. The van der Waals surface area contributed by atoms with Gasteiger partial charge >= 0.3 is 0 Å². The van der Waals surface area contributed by atoms with Crippen LogP contribution in [-0.2, 0) is 0 Å². The van der Waals surface area contributed by atoms with E-state index >= 15 is 0 Å². The molecule has 0 heterocycles. The molecule has 0 aromatic carbocycles. The van der Waals surface area contributed by atoms with E-state index in [-0.39, 0.29) is 0 Å². The number of rotatable bonds is 9. The van der Waals surface area contributed by atoms with Crippen LogP contribution in [0.3, 0.4) is 0 Å². The van der Waals surface area contributed by atoms with Crippen LogP contribution < -0.4 is 0 Å². The summed E-state index contributed by atoms with van der Waals surface area (Å²) in [6.45, 7) is 1.89. The average molecular weight is 226 g/mol. The molecule has 0 radical (unpaired) electrons. The van der Waals surface area contributed by atoms with Crippen LogP contribution in [0.1, 0.15) is 25.7 Å². The highest BCUT2D eigenvalue weighted by Crippen LogP contribution is 1.99. The first-order valence-corrected chi connectivity index (χ1v) is 5.95. The molecule has 4 heteroatoms. The van der Waals surface area contributed by atoms with Gasteiger partial charge in [-0.1, -0.05) is 12.8 Å². The predicted molar refractivity (Wildman–Crippen MR) is 72.6 cm³/mol. The van der Waals surface area contributed by atoms with Gasteiger partial charge in [0.2, 0.25) is 0 Å². The molecule has 0 saturated carbocycles. The Labute approximate surface area is 100 Å².